The predicted molar refractivity (Wildman–Crippen MR) is 54.6 cm³/mol. The van der Waals surface area contributed by atoms with Gasteiger partial charge in [-0.1, -0.05) is 0 Å². The molecular weight excluding hydrogens is 240 g/mol. The molecule has 3 N–H and O–H groups in total. The van der Waals surface area contributed by atoms with E-state index < -0.39 is 16.4 Å². The summed E-state index contributed by atoms with van der Waals surface area (Å²) >= 11 is 0. The quantitative estimate of drug-likeness (QED) is 0.262. The van der Waals surface area contributed by atoms with Gasteiger partial charge in [-0.3, -0.25) is 9.35 Å². The molecule has 9 heteroatoms. The highest BCUT2D eigenvalue weighted by molar-refractivity contribution is 7.80. The summed E-state index contributed by atoms with van der Waals surface area (Å²) in [5.41, 5.74) is 0. The smallest absolute Gasteiger partial charge is 0.396 e. The van der Waals surface area contributed by atoms with Crippen LogP contribution in [-0.4, -0.2) is 55.8 Å². The van der Waals surface area contributed by atoms with Crippen LogP contribution >= 0.6 is 0 Å². The SMILES string of the molecule is CNCC(CCCO)N(C=O)OS(=O)(=O)O. The summed E-state index contributed by atoms with van der Waals surface area (Å²) in [7, 11) is -3.11. The molecule has 1 atom stereocenters. The summed E-state index contributed by atoms with van der Waals surface area (Å²) < 4.78 is 33.4. The third-order valence-electron chi connectivity index (χ3n) is 1.78. The van der Waals surface area contributed by atoms with Crippen LogP contribution in [0.15, 0.2) is 0 Å². The van der Waals surface area contributed by atoms with Crippen LogP contribution in [0.2, 0.25) is 0 Å². The van der Waals surface area contributed by atoms with Crippen LogP contribution < -0.4 is 5.32 Å². The molecule has 0 aliphatic rings. The van der Waals surface area contributed by atoms with Gasteiger partial charge in [-0.2, -0.15) is 8.42 Å². The Balaban J connectivity index is 4.50. The van der Waals surface area contributed by atoms with Crippen LogP contribution in [0, 0.1) is 0 Å². The Morgan fingerprint density at radius 1 is 1.56 bits per heavy atom. The Hall–Kier alpha value is -0.740. The second-order valence-electron chi connectivity index (χ2n) is 3.04. The van der Waals surface area contributed by atoms with E-state index in [4.69, 9.17) is 9.66 Å². The lowest BCUT2D eigenvalue weighted by atomic mass is 10.1. The summed E-state index contributed by atoms with van der Waals surface area (Å²) in [5.74, 6) is 0. The van der Waals surface area contributed by atoms with Crippen LogP contribution in [0.5, 0.6) is 0 Å². The number of nitrogens with one attached hydrogen (secondary N) is 1. The highest BCUT2D eigenvalue weighted by Gasteiger charge is 2.22. The van der Waals surface area contributed by atoms with E-state index in [-0.39, 0.29) is 19.6 Å². The predicted octanol–water partition coefficient (Wildman–Crippen LogP) is -1.46. The first-order chi connectivity index (χ1) is 7.44. The number of amides is 1. The number of carbonyl (C=O) groups is 1. The average molecular weight is 256 g/mol. The highest BCUT2D eigenvalue weighted by Crippen LogP contribution is 2.07. The maximum absolute atomic E-state index is 10.6. The normalized spacial score (nSPS) is 13.4. The fourth-order valence-corrected chi connectivity index (χ4v) is 1.53. The Kier molecular flexibility index (Phi) is 7.17. The Morgan fingerprint density at radius 2 is 2.19 bits per heavy atom. The Bertz CT molecular complexity index is 293. The topological polar surface area (TPSA) is 116 Å². The van der Waals surface area contributed by atoms with E-state index >= 15 is 0 Å². The maximum atomic E-state index is 10.6. The van der Waals surface area contributed by atoms with Crippen molar-refractivity contribution in [1.82, 2.24) is 10.4 Å². The van der Waals surface area contributed by atoms with Crippen molar-refractivity contribution in [3.63, 3.8) is 0 Å². The van der Waals surface area contributed by atoms with Crippen molar-refractivity contribution in [2.24, 2.45) is 0 Å². The molecule has 0 saturated carbocycles. The molecule has 0 aliphatic heterocycles. The van der Waals surface area contributed by atoms with Gasteiger partial charge in [-0.05, 0) is 19.9 Å². The molecule has 0 saturated heterocycles. The maximum Gasteiger partial charge on any atom is 0.418 e. The number of rotatable bonds is 9. The molecule has 0 fully saturated rings. The zero-order valence-corrected chi connectivity index (χ0v) is 9.68. The molecule has 96 valence electrons. The summed E-state index contributed by atoms with van der Waals surface area (Å²) in [5, 5.41) is 11.9. The van der Waals surface area contributed by atoms with E-state index in [1.165, 1.54) is 0 Å². The van der Waals surface area contributed by atoms with Crippen LogP contribution in [0.4, 0.5) is 0 Å². The Morgan fingerprint density at radius 3 is 2.56 bits per heavy atom. The molecule has 0 bridgehead atoms. The largest absolute Gasteiger partial charge is 0.418 e. The van der Waals surface area contributed by atoms with Crippen molar-refractivity contribution >= 4 is 16.8 Å². The third-order valence-corrected chi connectivity index (χ3v) is 2.14. The number of carbonyl (C=O) groups excluding carboxylic acids is 1. The standard InChI is InChI=1S/C7H16N2O6S/c1-8-5-7(3-2-4-10)9(6-11)15-16(12,13)14/h6-8,10H,2-5H2,1H3,(H,12,13,14). The van der Waals surface area contributed by atoms with Crippen molar-refractivity contribution in [2.45, 2.75) is 18.9 Å². The number of hydrogen-bond donors (Lipinski definition) is 3. The van der Waals surface area contributed by atoms with Gasteiger partial charge in [0.1, 0.15) is 0 Å². The van der Waals surface area contributed by atoms with E-state index in [0.717, 1.165) is 0 Å². The van der Waals surface area contributed by atoms with Gasteiger partial charge in [-0.25, -0.2) is 5.06 Å². The van der Waals surface area contributed by atoms with E-state index in [1.807, 2.05) is 0 Å². The molecule has 0 aromatic carbocycles. The van der Waals surface area contributed by atoms with Gasteiger partial charge in [0.25, 0.3) is 0 Å². The third kappa shape index (κ3) is 6.69. The second-order valence-corrected chi connectivity index (χ2v) is 4.05. The van der Waals surface area contributed by atoms with Gasteiger partial charge < -0.3 is 10.4 Å². The number of hydrogen-bond acceptors (Lipinski definition) is 6. The first-order valence-electron chi connectivity index (χ1n) is 4.60. The van der Waals surface area contributed by atoms with E-state index in [0.29, 0.717) is 17.9 Å². The molecule has 0 radical (unpaired) electrons. The van der Waals surface area contributed by atoms with Gasteiger partial charge >= 0.3 is 10.4 Å². The molecule has 0 heterocycles. The number of likely N-dealkylation sites (N-methyl/N-ethyl adjacent to an activating group) is 1. The average Bonchev–Trinajstić information content (AvgIpc) is 2.19. The molecule has 8 nitrogen and oxygen atoms in total. The molecule has 0 rings (SSSR count). The fourth-order valence-electron chi connectivity index (χ4n) is 1.16. The van der Waals surface area contributed by atoms with E-state index in [1.54, 1.807) is 7.05 Å². The zero-order valence-electron chi connectivity index (χ0n) is 8.87. The van der Waals surface area contributed by atoms with Crippen molar-refractivity contribution < 1.29 is 27.2 Å². The van der Waals surface area contributed by atoms with Gasteiger partial charge in [0, 0.05) is 13.2 Å². The summed E-state index contributed by atoms with van der Waals surface area (Å²) in [6.07, 6.45) is 0.879. The number of aliphatic hydroxyl groups is 1. The molecule has 1 unspecified atom stereocenters. The van der Waals surface area contributed by atoms with Gasteiger partial charge in [-0.15, -0.1) is 4.28 Å². The molecule has 0 spiro atoms. The molecule has 16 heavy (non-hydrogen) atoms. The van der Waals surface area contributed by atoms with Gasteiger partial charge in [0.05, 0.1) is 6.04 Å². The lowest BCUT2D eigenvalue weighted by Gasteiger charge is -2.24. The lowest BCUT2D eigenvalue weighted by molar-refractivity contribution is -0.151. The van der Waals surface area contributed by atoms with Crippen LogP contribution in [-0.2, 0) is 19.5 Å². The fraction of sp³-hybridized carbons (Fsp3) is 0.857. The summed E-state index contributed by atoms with van der Waals surface area (Å²) in [6, 6.07) is -0.587. The number of nitrogens with zero attached hydrogens (tertiary/aromatic N) is 1. The zero-order chi connectivity index (χ0) is 12.6. The summed E-state index contributed by atoms with van der Waals surface area (Å²) in [4.78, 5) is 10.6. The number of hydroxylamine groups is 2. The van der Waals surface area contributed by atoms with Crippen molar-refractivity contribution in [1.29, 1.82) is 0 Å². The van der Waals surface area contributed by atoms with Crippen LogP contribution in [0.25, 0.3) is 0 Å². The Labute approximate surface area is 94.1 Å². The van der Waals surface area contributed by atoms with Gasteiger partial charge in [0.15, 0.2) is 0 Å². The highest BCUT2D eigenvalue weighted by atomic mass is 32.3. The molecule has 0 aliphatic carbocycles. The molecule has 1 amide bonds. The molecule has 0 aromatic rings. The summed E-state index contributed by atoms with van der Waals surface area (Å²) in [6.45, 7) is 0.188. The minimum Gasteiger partial charge on any atom is -0.396 e. The second kappa shape index (κ2) is 7.52. The van der Waals surface area contributed by atoms with E-state index in [9.17, 15) is 13.2 Å². The monoisotopic (exact) mass is 256 g/mol. The molecular formula is C7H16N2O6S. The first-order valence-corrected chi connectivity index (χ1v) is 5.97. The minimum atomic E-state index is -4.72. The van der Waals surface area contributed by atoms with Gasteiger partial charge in [0.2, 0.25) is 6.41 Å². The minimum absolute atomic E-state index is 0.0845. The first kappa shape index (κ1) is 15.3. The number of aliphatic hydroxyl groups excluding tert-OH is 1. The van der Waals surface area contributed by atoms with Crippen LogP contribution in [0.1, 0.15) is 12.8 Å². The van der Waals surface area contributed by atoms with Crippen molar-refractivity contribution in [3.05, 3.63) is 0 Å². The van der Waals surface area contributed by atoms with Crippen LogP contribution in [0.3, 0.4) is 0 Å². The van der Waals surface area contributed by atoms with E-state index in [2.05, 4.69) is 9.60 Å². The lowest BCUT2D eigenvalue weighted by Crippen LogP contribution is -2.42. The molecule has 0 aromatic heterocycles. The van der Waals surface area contributed by atoms with Crippen molar-refractivity contribution in [2.75, 3.05) is 20.2 Å². The van der Waals surface area contributed by atoms with Crippen molar-refractivity contribution in [3.8, 4) is 0 Å².